The second-order valence-corrected chi connectivity index (χ2v) is 6.64. The van der Waals surface area contributed by atoms with Crippen molar-refractivity contribution in [2.24, 2.45) is 7.05 Å². The molecular formula is C21H19N3O4. The Morgan fingerprint density at radius 2 is 2.07 bits per heavy atom. The second-order valence-electron chi connectivity index (χ2n) is 6.64. The average Bonchev–Trinajstić information content (AvgIpc) is 2.93. The number of amides is 1. The van der Waals surface area contributed by atoms with Crippen molar-refractivity contribution in [3.8, 4) is 22.6 Å². The van der Waals surface area contributed by atoms with E-state index in [1.165, 1.54) is 10.6 Å². The molecule has 142 valence electrons. The lowest BCUT2D eigenvalue weighted by atomic mass is 10.0. The normalized spacial score (nSPS) is 13.4. The maximum absolute atomic E-state index is 13.0. The Kier molecular flexibility index (Phi) is 4.57. The molecule has 0 fully saturated rings. The molecule has 0 unspecified atom stereocenters. The number of aryl methyl sites for hydroxylation is 1. The van der Waals surface area contributed by atoms with Gasteiger partial charge in [0, 0.05) is 43.3 Å². The highest BCUT2D eigenvalue weighted by atomic mass is 16.5. The highest BCUT2D eigenvalue weighted by molar-refractivity contribution is 5.94. The Bertz CT molecular complexity index is 1090. The fourth-order valence-electron chi connectivity index (χ4n) is 3.30. The Labute approximate surface area is 161 Å². The lowest BCUT2D eigenvalue weighted by Crippen LogP contribution is -2.37. The standard InChI is InChI=1S/C21H19N3O4/c1-23-7-3-5-17(20(23)26)21(27)24-8-9-28-19-16(13-24)10-15(11-18(19)25)14-4-2-6-22-12-14/h2-7,10-12,25H,8-9,13H2,1H3. The van der Waals surface area contributed by atoms with E-state index in [0.29, 0.717) is 17.9 Å². The summed E-state index contributed by atoms with van der Waals surface area (Å²) in [6, 6.07) is 10.4. The third kappa shape index (κ3) is 3.22. The number of carbonyl (C=O) groups excluding carboxylic acids is 1. The summed E-state index contributed by atoms with van der Waals surface area (Å²) < 4.78 is 7.07. The van der Waals surface area contributed by atoms with Gasteiger partial charge in [-0.3, -0.25) is 14.6 Å². The maximum atomic E-state index is 13.0. The average molecular weight is 377 g/mol. The van der Waals surface area contributed by atoms with Crippen LogP contribution in [0.15, 0.2) is 59.8 Å². The predicted octanol–water partition coefficient (Wildman–Crippen LogP) is 2.19. The second kappa shape index (κ2) is 7.19. The summed E-state index contributed by atoms with van der Waals surface area (Å²) in [5.41, 5.74) is 2.07. The molecule has 0 aliphatic carbocycles. The van der Waals surface area contributed by atoms with E-state index in [0.717, 1.165) is 11.1 Å². The lowest BCUT2D eigenvalue weighted by molar-refractivity contribution is 0.0730. The minimum Gasteiger partial charge on any atom is -0.504 e. The number of hydrogen-bond acceptors (Lipinski definition) is 5. The molecular weight excluding hydrogens is 358 g/mol. The molecule has 7 nitrogen and oxygen atoms in total. The molecule has 1 N–H and O–H groups in total. The van der Waals surface area contributed by atoms with Crippen LogP contribution in [0.5, 0.6) is 11.5 Å². The topological polar surface area (TPSA) is 84.7 Å². The van der Waals surface area contributed by atoms with Crippen LogP contribution >= 0.6 is 0 Å². The largest absolute Gasteiger partial charge is 0.504 e. The van der Waals surface area contributed by atoms with E-state index >= 15 is 0 Å². The van der Waals surface area contributed by atoms with E-state index in [1.54, 1.807) is 42.7 Å². The minimum atomic E-state index is -0.357. The molecule has 1 aliphatic rings. The summed E-state index contributed by atoms with van der Waals surface area (Å²) in [6.07, 6.45) is 4.99. The van der Waals surface area contributed by atoms with Crippen LogP contribution in [0.25, 0.3) is 11.1 Å². The van der Waals surface area contributed by atoms with Crippen LogP contribution < -0.4 is 10.3 Å². The molecule has 3 aromatic rings. The van der Waals surface area contributed by atoms with Crippen molar-refractivity contribution in [1.82, 2.24) is 14.5 Å². The van der Waals surface area contributed by atoms with E-state index < -0.39 is 0 Å². The summed E-state index contributed by atoms with van der Waals surface area (Å²) in [5.74, 6) is 0.0223. The van der Waals surface area contributed by atoms with E-state index in [-0.39, 0.29) is 35.9 Å². The highest BCUT2D eigenvalue weighted by Gasteiger charge is 2.25. The van der Waals surface area contributed by atoms with E-state index in [4.69, 9.17) is 4.74 Å². The van der Waals surface area contributed by atoms with Crippen LogP contribution in [0.3, 0.4) is 0 Å². The van der Waals surface area contributed by atoms with Crippen LogP contribution in [0.2, 0.25) is 0 Å². The van der Waals surface area contributed by atoms with Gasteiger partial charge in [-0.05, 0) is 35.9 Å². The van der Waals surface area contributed by atoms with Gasteiger partial charge in [0.1, 0.15) is 12.2 Å². The van der Waals surface area contributed by atoms with Gasteiger partial charge in [0.25, 0.3) is 11.5 Å². The first-order valence-corrected chi connectivity index (χ1v) is 8.88. The zero-order chi connectivity index (χ0) is 19.7. The Balaban J connectivity index is 1.71. The van der Waals surface area contributed by atoms with Crippen molar-refractivity contribution in [2.45, 2.75) is 6.54 Å². The molecule has 1 amide bonds. The number of fused-ring (bicyclic) bond motifs is 1. The Hall–Kier alpha value is -3.61. The first kappa shape index (κ1) is 17.8. The monoisotopic (exact) mass is 377 g/mol. The van der Waals surface area contributed by atoms with Crippen LogP contribution in [0, 0.1) is 0 Å². The lowest BCUT2D eigenvalue weighted by Gasteiger charge is -2.20. The number of pyridine rings is 2. The van der Waals surface area contributed by atoms with Gasteiger partial charge in [0.05, 0.1) is 6.54 Å². The number of rotatable bonds is 2. The predicted molar refractivity (Wildman–Crippen MR) is 103 cm³/mol. The number of carbonyl (C=O) groups is 1. The number of hydrogen-bond donors (Lipinski definition) is 1. The van der Waals surface area contributed by atoms with Crippen molar-refractivity contribution < 1.29 is 14.6 Å². The van der Waals surface area contributed by atoms with Gasteiger partial charge < -0.3 is 19.3 Å². The van der Waals surface area contributed by atoms with E-state index in [1.807, 2.05) is 18.2 Å². The van der Waals surface area contributed by atoms with E-state index in [9.17, 15) is 14.7 Å². The summed E-state index contributed by atoms with van der Waals surface area (Å²) in [6.45, 7) is 0.771. The molecule has 2 aromatic heterocycles. The fraction of sp³-hybridized carbons (Fsp3) is 0.190. The van der Waals surface area contributed by atoms with Crippen molar-refractivity contribution in [3.63, 3.8) is 0 Å². The number of aromatic nitrogens is 2. The number of ether oxygens (including phenoxy) is 1. The fourth-order valence-corrected chi connectivity index (χ4v) is 3.30. The molecule has 0 saturated carbocycles. The van der Waals surface area contributed by atoms with Gasteiger partial charge in [0.2, 0.25) is 0 Å². The number of benzene rings is 1. The SMILES string of the molecule is Cn1cccc(C(=O)N2CCOc3c(O)cc(-c4cccnc4)cc3C2)c1=O. The number of nitrogens with zero attached hydrogens (tertiary/aromatic N) is 3. The molecule has 0 saturated heterocycles. The molecule has 0 atom stereocenters. The van der Waals surface area contributed by atoms with Gasteiger partial charge >= 0.3 is 0 Å². The van der Waals surface area contributed by atoms with Crippen LogP contribution in [0.1, 0.15) is 15.9 Å². The molecule has 28 heavy (non-hydrogen) atoms. The first-order chi connectivity index (χ1) is 13.5. The van der Waals surface area contributed by atoms with Gasteiger partial charge in [-0.2, -0.15) is 0 Å². The number of aromatic hydroxyl groups is 1. The quantitative estimate of drug-likeness (QED) is 0.740. The van der Waals surface area contributed by atoms with Crippen molar-refractivity contribution >= 4 is 5.91 Å². The summed E-state index contributed by atoms with van der Waals surface area (Å²) in [5, 5.41) is 10.4. The van der Waals surface area contributed by atoms with Gasteiger partial charge in [-0.15, -0.1) is 0 Å². The van der Waals surface area contributed by atoms with E-state index in [2.05, 4.69) is 4.98 Å². The molecule has 0 bridgehead atoms. The van der Waals surface area contributed by atoms with Gasteiger partial charge in [-0.1, -0.05) is 6.07 Å². The third-order valence-electron chi connectivity index (χ3n) is 4.75. The maximum Gasteiger partial charge on any atom is 0.263 e. The number of phenolic OH excluding ortho intramolecular Hbond substituents is 1. The van der Waals surface area contributed by atoms with Crippen LogP contribution in [-0.2, 0) is 13.6 Å². The molecule has 1 aromatic carbocycles. The molecule has 7 heteroatoms. The van der Waals surface area contributed by atoms with Crippen molar-refractivity contribution in [1.29, 1.82) is 0 Å². The van der Waals surface area contributed by atoms with Gasteiger partial charge in [-0.25, -0.2) is 0 Å². The van der Waals surface area contributed by atoms with Crippen LogP contribution in [0.4, 0.5) is 0 Å². The molecule has 0 radical (unpaired) electrons. The molecule has 4 rings (SSSR count). The highest BCUT2D eigenvalue weighted by Crippen LogP contribution is 2.37. The molecule has 3 heterocycles. The summed E-state index contributed by atoms with van der Waals surface area (Å²) in [7, 11) is 1.61. The Morgan fingerprint density at radius 3 is 2.86 bits per heavy atom. The van der Waals surface area contributed by atoms with Crippen molar-refractivity contribution in [2.75, 3.05) is 13.2 Å². The van der Waals surface area contributed by atoms with Gasteiger partial charge in [0.15, 0.2) is 11.5 Å². The number of phenols is 1. The minimum absolute atomic E-state index is 0.0151. The Morgan fingerprint density at radius 1 is 1.21 bits per heavy atom. The first-order valence-electron chi connectivity index (χ1n) is 8.88. The smallest absolute Gasteiger partial charge is 0.263 e. The third-order valence-corrected chi connectivity index (χ3v) is 4.75. The zero-order valence-electron chi connectivity index (χ0n) is 15.3. The molecule has 0 spiro atoms. The van der Waals surface area contributed by atoms with Crippen molar-refractivity contribution in [3.05, 3.63) is 76.5 Å². The molecule has 1 aliphatic heterocycles. The van der Waals surface area contributed by atoms with Crippen LogP contribution in [-0.4, -0.2) is 38.6 Å². The summed E-state index contributed by atoms with van der Waals surface area (Å²) in [4.78, 5) is 30.9. The zero-order valence-corrected chi connectivity index (χ0v) is 15.3. The summed E-state index contributed by atoms with van der Waals surface area (Å²) >= 11 is 0.